The summed E-state index contributed by atoms with van der Waals surface area (Å²) in [7, 11) is 2.17. The van der Waals surface area contributed by atoms with Crippen molar-refractivity contribution >= 4 is 22.5 Å². The van der Waals surface area contributed by atoms with Crippen molar-refractivity contribution in [3.63, 3.8) is 0 Å². The van der Waals surface area contributed by atoms with Crippen LogP contribution in [0.4, 0.5) is 10.5 Å². The topological polar surface area (TPSA) is 47.6 Å². The second kappa shape index (κ2) is 9.07. The van der Waals surface area contributed by atoms with Crippen LogP contribution in [0.1, 0.15) is 11.6 Å². The first-order chi connectivity index (χ1) is 14.2. The highest BCUT2D eigenvalue weighted by atomic mass is 16.2. The van der Waals surface area contributed by atoms with Gasteiger partial charge in [-0.05, 0) is 24.1 Å². The first-order valence-corrected chi connectivity index (χ1v) is 10.2. The monoisotopic (exact) mass is 388 g/mol. The maximum absolute atomic E-state index is 12.5. The molecule has 3 aromatic rings. The number of nitrogens with zero attached hydrogens (tertiary/aromatic N) is 2. The fourth-order valence-corrected chi connectivity index (χ4v) is 4.03. The van der Waals surface area contributed by atoms with Crippen LogP contribution in [0.2, 0.25) is 0 Å². The second-order valence-corrected chi connectivity index (χ2v) is 7.63. The lowest BCUT2D eigenvalue weighted by Gasteiger charge is -2.40. The normalized spacial score (nSPS) is 17.9. The van der Waals surface area contributed by atoms with Crippen LogP contribution in [0, 0.1) is 0 Å². The molecule has 1 saturated heterocycles. The molecule has 1 fully saturated rings. The molecule has 0 radical (unpaired) electrons. The summed E-state index contributed by atoms with van der Waals surface area (Å²) in [5.41, 5.74) is 2.17. The molecule has 1 heterocycles. The van der Waals surface area contributed by atoms with Crippen LogP contribution >= 0.6 is 0 Å². The zero-order valence-electron chi connectivity index (χ0n) is 16.8. The molecule has 5 heteroatoms. The predicted octanol–water partition coefficient (Wildman–Crippen LogP) is 3.95. The van der Waals surface area contributed by atoms with Crippen molar-refractivity contribution < 1.29 is 4.79 Å². The van der Waals surface area contributed by atoms with Gasteiger partial charge < -0.3 is 15.5 Å². The maximum Gasteiger partial charge on any atom is 0.319 e. The van der Waals surface area contributed by atoms with Gasteiger partial charge in [0.2, 0.25) is 0 Å². The van der Waals surface area contributed by atoms with Crippen LogP contribution in [0.3, 0.4) is 0 Å². The number of likely N-dealkylation sites (N-methyl/N-ethyl adjacent to an activating group) is 1. The summed E-state index contributed by atoms with van der Waals surface area (Å²) in [6.45, 7) is 4.50. The molecular weight excluding hydrogens is 360 g/mol. The summed E-state index contributed by atoms with van der Waals surface area (Å²) in [5.74, 6) is 0. The molecule has 4 rings (SSSR count). The van der Waals surface area contributed by atoms with Crippen LogP contribution < -0.4 is 10.6 Å². The van der Waals surface area contributed by atoms with Gasteiger partial charge in [0.05, 0.1) is 5.69 Å². The highest BCUT2D eigenvalue weighted by molar-refractivity contribution is 6.01. The highest BCUT2D eigenvalue weighted by Crippen LogP contribution is 2.24. The minimum Gasteiger partial charge on any atom is -0.337 e. The van der Waals surface area contributed by atoms with Gasteiger partial charge >= 0.3 is 6.03 Å². The molecule has 3 aromatic carbocycles. The van der Waals surface area contributed by atoms with Gasteiger partial charge in [-0.15, -0.1) is 0 Å². The zero-order valence-corrected chi connectivity index (χ0v) is 16.8. The Kier molecular flexibility index (Phi) is 6.08. The lowest BCUT2D eigenvalue weighted by Crippen LogP contribution is -2.49. The largest absolute Gasteiger partial charge is 0.337 e. The number of fused-ring (bicyclic) bond motifs is 1. The molecule has 1 aliphatic heterocycles. The Hall–Kier alpha value is -2.89. The molecule has 0 spiro atoms. The number of rotatable bonds is 5. The van der Waals surface area contributed by atoms with E-state index in [-0.39, 0.29) is 6.03 Å². The maximum atomic E-state index is 12.5. The Morgan fingerprint density at radius 3 is 2.59 bits per heavy atom. The summed E-state index contributed by atoms with van der Waals surface area (Å²) in [6.07, 6.45) is 0. The highest BCUT2D eigenvalue weighted by Gasteiger charge is 2.26. The molecule has 1 aliphatic rings. The van der Waals surface area contributed by atoms with Crippen LogP contribution in [0.15, 0.2) is 72.8 Å². The number of carbonyl (C=O) groups is 1. The van der Waals surface area contributed by atoms with Crippen molar-refractivity contribution in [1.82, 2.24) is 15.1 Å². The van der Waals surface area contributed by atoms with E-state index in [0.29, 0.717) is 12.6 Å². The molecule has 1 unspecified atom stereocenters. The van der Waals surface area contributed by atoms with Gasteiger partial charge in [0.1, 0.15) is 0 Å². The van der Waals surface area contributed by atoms with Crippen molar-refractivity contribution in [2.45, 2.75) is 6.04 Å². The fraction of sp³-hybridized carbons (Fsp3) is 0.292. The smallest absolute Gasteiger partial charge is 0.319 e. The standard InChI is InChI=1S/C24H28N4O/c1-27-16-17-28(23(18-27)20-9-3-2-4-10-20)15-14-25-24(29)26-22-13-7-11-19-8-5-6-12-21(19)22/h2-13,23H,14-18H2,1H3,(H2,25,26,29). The quantitative estimate of drug-likeness (QED) is 0.696. The number of hydrogen-bond acceptors (Lipinski definition) is 3. The van der Waals surface area contributed by atoms with Crippen molar-refractivity contribution in [1.29, 1.82) is 0 Å². The first-order valence-electron chi connectivity index (χ1n) is 10.2. The van der Waals surface area contributed by atoms with Crippen LogP contribution in [-0.4, -0.2) is 55.6 Å². The van der Waals surface area contributed by atoms with E-state index in [9.17, 15) is 4.79 Å². The molecule has 5 nitrogen and oxygen atoms in total. The fourth-order valence-electron chi connectivity index (χ4n) is 4.03. The Balaban J connectivity index is 1.34. The Morgan fingerprint density at radius 2 is 1.72 bits per heavy atom. The lowest BCUT2D eigenvalue weighted by atomic mass is 10.0. The van der Waals surface area contributed by atoms with E-state index in [4.69, 9.17) is 0 Å². The molecule has 150 valence electrons. The number of amides is 2. The third kappa shape index (κ3) is 4.75. The van der Waals surface area contributed by atoms with E-state index in [1.165, 1.54) is 5.56 Å². The molecule has 0 bridgehead atoms. The minimum absolute atomic E-state index is 0.160. The van der Waals surface area contributed by atoms with Crippen LogP contribution in [-0.2, 0) is 0 Å². The van der Waals surface area contributed by atoms with Crippen molar-refractivity contribution in [2.24, 2.45) is 0 Å². The molecule has 0 aromatic heterocycles. The molecular formula is C24H28N4O. The summed E-state index contributed by atoms with van der Waals surface area (Å²) >= 11 is 0. The van der Waals surface area contributed by atoms with Gasteiger partial charge in [0.25, 0.3) is 0 Å². The third-order valence-corrected chi connectivity index (χ3v) is 5.60. The number of hydrogen-bond donors (Lipinski definition) is 2. The van der Waals surface area contributed by atoms with Gasteiger partial charge in [0.15, 0.2) is 0 Å². The lowest BCUT2D eigenvalue weighted by molar-refractivity contribution is 0.0913. The molecule has 0 aliphatic carbocycles. The molecule has 29 heavy (non-hydrogen) atoms. The van der Waals surface area contributed by atoms with E-state index in [2.05, 4.69) is 69.9 Å². The number of benzene rings is 3. The van der Waals surface area contributed by atoms with Crippen LogP contribution in [0.5, 0.6) is 0 Å². The van der Waals surface area contributed by atoms with E-state index >= 15 is 0 Å². The summed E-state index contributed by atoms with van der Waals surface area (Å²) in [6, 6.07) is 24.9. The molecule has 0 saturated carbocycles. The Bertz CT molecular complexity index is 954. The molecule has 2 N–H and O–H groups in total. The van der Waals surface area contributed by atoms with Gasteiger partial charge in [0, 0.05) is 44.2 Å². The molecule has 2 amide bonds. The SMILES string of the molecule is CN1CCN(CCNC(=O)Nc2cccc3ccccc23)C(c2ccccc2)C1. The van der Waals surface area contributed by atoms with E-state index in [1.807, 2.05) is 30.3 Å². The van der Waals surface area contributed by atoms with Crippen LogP contribution in [0.25, 0.3) is 10.8 Å². The van der Waals surface area contributed by atoms with Crippen molar-refractivity contribution in [3.05, 3.63) is 78.4 Å². The average molecular weight is 389 g/mol. The van der Waals surface area contributed by atoms with E-state index < -0.39 is 0 Å². The summed E-state index contributed by atoms with van der Waals surface area (Å²) in [5, 5.41) is 8.19. The first kappa shape index (κ1) is 19.4. The number of urea groups is 1. The second-order valence-electron chi connectivity index (χ2n) is 7.63. The van der Waals surface area contributed by atoms with Crippen molar-refractivity contribution in [3.8, 4) is 0 Å². The van der Waals surface area contributed by atoms with E-state index in [0.717, 1.165) is 42.6 Å². The number of nitrogens with one attached hydrogen (secondary N) is 2. The van der Waals surface area contributed by atoms with Gasteiger partial charge in [-0.1, -0.05) is 66.7 Å². The van der Waals surface area contributed by atoms with Gasteiger partial charge in [-0.3, -0.25) is 4.90 Å². The zero-order chi connectivity index (χ0) is 20.1. The number of anilines is 1. The van der Waals surface area contributed by atoms with Gasteiger partial charge in [-0.2, -0.15) is 0 Å². The molecule has 1 atom stereocenters. The number of piperazine rings is 1. The predicted molar refractivity (Wildman–Crippen MR) is 119 cm³/mol. The minimum atomic E-state index is -0.160. The van der Waals surface area contributed by atoms with Gasteiger partial charge in [-0.25, -0.2) is 4.79 Å². The van der Waals surface area contributed by atoms with E-state index in [1.54, 1.807) is 0 Å². The Labute approximate surface area is 172 Å². The third-order valence-electron chi connectivity index (χ3n) is 5.60. The number of carbonyl (C=O) groups excluding carboxylic acids is 1. The summed E-state index contributed by atoms with van der Waals surface area (Å²) in [4.78, 5) is 17.3. The average Bonchev–Trinajstić information content (AvgIpc) is 2.75. The van der Waals surface area contributed by atoms with Crippen molar-refractivity contribution in [2.75, 3.05) is 45.1 Å². The summed E-state index contributed by atoms with van der Waals surface area (Å²) < 4.78 is 0. The Morgan fingerprint density at radius 1 is 0.966 bits per heavy atom.